The Labute approximate surface area is 64.5 Å². The van der Waals surface area contributed by atoms with E-state index in [2.05, 4.69) is 11.3 Å². The molecule has 11 heavy (non-hydrogen) atoms. The highest BCUT2D eigenvalue weighted by Crippen LogP contribution is 1.97. The van der Waals surface area contributed by atoms with Crippen molar-refractivity contribution in [3.05, 3.63) is 12.8 Å². The average molecular weight is 158 g/mol. The zero-order valence-corrected chi connectivity index (χ0v) is 6.08. The Balaban J connectivity index is 3.31. The van der Waals surface area contributed by atoms with Gasteiger partial charge in [0.25, 0.3) is 0 Å². The monoisotopic (exact) mass is 158 g/mol. The lowest BCUT2D eigenvalue weighted by atomic mass is 10.2. The zero-order valence-electron chi connectivity index (χ0n) is 6.08. The molecule has 0 aliphatic carbocycles. The van der Waals surface area contributed by atoms with Crippen LogP contribution in [0.2, 0.25) is 0 Å². The Kier molecular flexibility index (Phi) is 4.81. The number of hydrogen-bond donors (Lipinski definition) is 1. The first kappa shape index (κ1) is 9.68. The third-order valence-corrected chi connectivity index (χ3v) is 0.986. The van der Waals surface area contributed by atoms with Gasteiger partial charge in [0, 0.05) is 12.8 Å². The van der Waals surface area contributed by atoms with Crippen LogP contribution in [-0.2, 0) is 14.3 Å². The zero-order chi connectivity index (χ0) is 8.69. The molecular weight excluding hydrogens is 148 g/mol. The molecule has 0 unspecified atom stereocenters. The molecule has 0 amide bonds. The summed E-state index contributed by atoms with van der Waals surface area (Å²) in [6, 6.07) is 0. The number of aliphatic carboxylic acids is 1. The average Bonchev–Trinajstić information content (AvgIpc) is 1.87. The summed E-state index contributed by atoms with van der Waals surface area (Å²) in [6.07, 6.45) is 1.45. The number of esters is 1. The van der Waals surface area contributed by atoms with E-state index >= 15 is 0 Å². The largest absolute Gasteiger partial charge is 0.481 e. The summed E-state index contributed by atoms with van der Waals surface area (Å²) < 4.78 is 4.36. The van der Waals surface area contributed by atoms with Crippen molar-refractivity contribution in [2.75, 3.05) is 0 Å². The molecule has 0 saturated carbocycles. The molecule has 0 fully saturated rings. The first-order chi connectivity index (χ1) is 5.16. The van der Waals surface area contributed by atoms with E-state index in [1.807, 2.05) is 0 Å². The van der Waals surface area contributed by atoms with Gasteiger partial charge in [0.15, 0.2) is 0 Å². The molecule has 0 atom stereocenters. The fourth-order valence-electron chi connectivity index (χ4n) is 0.536. The Hall–Kier alpha value is -1.32. The van der Waals surface area contributed by atoms with Gasteiger partial charge in [-0.3, -0.25) is 9.59 Å². The lowest BCUT2D eigenvalue weighted by Crippen LogP contribution is -2.01. The lowest BCUT2D eigenvalue weighted by Gasteiger charge is -1.95. The van der Waals surface area contributed by atoms with Gasteiger partial charge in [-0.25, -0.2) is 0 Å². The number of ether oxygens (including phenoxy) is 1. The molecule has 0 aromatic carbocycles. The fourth-order valence-corrected chi connectivity index (χ4v) is 0.536. The van der Waals surface area contributed by atoms with E-state index < -0.39 is 11.9 Å². The second-order valence-electron chi connectivity index (χ2n) is 1.90. The van der Waals surface area contributed by atoms with Gasteiger partial charge in [0.2, 0.25) is 0 Å². The number of rotatable bonds is 5. The summed E-state index contributed by atoms with van der Waals surface area (Å²) in [5.74, 6) is -1.35. The van der Waals surface area contributed by atoms with E-state index in [0.717, 1.165) is 6.26 Å². The predicted octanol–water partition coefficient (Wildman–Crippen LogP) is 0.928. The smallest absolute Gasteiger partial charge is 0.310 e. The second kappa shape index (κ2) is 5.46. The van der Waals surface area contributed by atoms with Crippen LogP contribution in [0.5, 0.6) is 0 Å². The van der Waals surface area contributed by atoms with Crippen LogP contribution in [0.3, 0.4) is 0 Å². The second-order valence-corrected chi connectivity index (χ2v) is 1.90. The molecule has 0 saturated heterocycles. The number of hydrogen-bond acceptors (Lipinski definition) is 3. The van der Waals surface area contributed by atoms with Crippen LogP contribution in [-0.4, -0.2) is 17.0 Å². The summed E-state index contributed by atoms with van der Waals surface area (Å²) in [5.41, 5.74) is 0. The Bertz CT molecular complexity index is 162. The minimum absolute atomic E-state index is 0.00770. The molecule has 0 aromatic rings. The van der Waals surface area contributed by atoms with Gasteiger partial charge in [-0.1, -0.05) is 6.58 Å². The minimum Gasteiger partial charge on any atom is -0.481 e. The van der Waals surface area contributed by atoms with Crippen LogP contribution in [0.1, 0.15) is 19.3 Å². The van der Waals surface area contributed by atoms with E-state index in [1.54, 1.807) is 0 Å². The highest BCUT2D eigenvalue weighted by molar-refractivity contribution is 5.71. The summed E-state index contributed by atoms with van der Waals surface area (Å²) in [7, 11) is 0. The standard InChI is InChI=1S/C7H10O4/c1-2-11-7(10)5-3-4-6(8)9/h2H,1,3-5H2,(H,8,9). The Morgan fingerprint density at radius 1 is 1.45 bits per heavy atom. The van der Waals surface area contributed by atoms with E-state index in [9.17, 15) is 9.59 Å². The maximum Gasteiger partial charge on any atom is 0.310 e. The van der Waals surface area contributed by atoms with Gasteiger partial charge in [-0.05, 0) is 6.42 Å². The van der Waals surface area contributed by atoms with Crippen LogP contribution in [0.4, 0.5) is 0 Å². The molecule has 4 nitrogen and oxygen atoms in total. The molecule has 4 heteroatoms. The molecular formula is C7H10O4. The molecule has 0 aromatic heterocycles. The van der Waals surface area contributed by atoms with Crippen molar-refractivity contribution >= 4 is 11.9 Å². The van der Waals surface area contributed by atoms with Gasteiger partial charge >= 0.3 is 11.9 Å². The third kappa shape index (κ3) is 6.57. The molecule has 1 N–H and O–H groups in total. The van der Waals surface area contributed by atoms with Gasteiger partial charge in [-0.15, -0.1) is 0 Å². The molecule has 0 radical (unpaired) electrons. The summed E-state index contributed by atoms with van der Waals surface area (Å²) in [6.45, 7) is 3.18. The van der Waals surface area contributed by atoms with Crippen LogP contribution in [0, 0.1) is 0 Å². The van der Waals surface area contributed by atoms with Crippen molar-refractivity contribution in [3.63, 3.8) is 0 Å². The van der Waals surface area contributed by atoms with E-state index in [-0.39, 0.29) is 12.8 Å². The van der Waals surface area contributed by atoms with Crippen LogP contribution in [0.25, 0.3) is 0 Å². The highest BCUT2D eigenvalue weighted by Gasteiger charge is 2.02. The lowest BCUT2D eigenvalue weighted by molar-refractivity contribution is -0.139. The molecule has 0 spiro atoms. The third-order valence-electron chi connectivity index (χ3n) is 0.986. The maximum absolute atomic E-state index is 10.5. The number of carboxylic acid groups (broad SMARTS) is 1. The minimum atomic E-state index is -0.906. The topological polar surface area (TPSA) is 63.6 Å². The molecule has 0 aliphatic heterocycles. The molecule has 0 rings (SSSR count). The predicted molar refractivity (Wildman–Crippen MR) is 37.8 cm³/mol. The molecule has 0 bridgehead atoms. The first-order valence-electron chi connectivity index (χ1n) is 3.19. The Morgan fingerprint density at radius 2 is 2.09 bits per heavy atom. The van der Waals surface area contributed by atoms with Crippen molar-refractivity contribution in [2.45, 2.75) is 19.3 Å². The maximum atomic E-state index is 10.5. The van der Waals surface area contributed by atoms with Gasteiger partial charge < -0.3 is 9.84 Å². The molecule has 0 aliphatic rings. The van der Waals surface area contributed by atoms with Gasteiger partial charge in [-0.2, -0.15) is 0 Å². The van der Waals surface area contributed by atoms with Crippen LogP contribution in [0.15, 0.2) is 12.8 Å². The van der Waals surface area contributed by atoms with Crippen LogP contribution < -0.4 is 0 Å². The van der Waals surface area contributed by atoms with E-state index in [1.165, 1.54) is 0 Å². The van der Waals surface area contributed by atoms with E-state index in [0.29, 0.717) is 6.42 Å². The van der Waals surface area contributed by atoms with E-state index in [4.69, 9.17) is 5.11 Å². The number of carbonyl (C=O) groups is 2. The Morgan fingerprint density at radius 3 is 2.55 bits per heavy atom. The summed E-state index contributed by atoms with van der Waals surface area (Å²) in [5, 5.41) is 8.18. The fraction of sp³-hybridized carbons (Fsp3) is 0.429. The first-order valence-corrected chi connectivity index (χ1v) is 3.19. The van der Waals surface area contributed by atoms with Gasteiger partial charge in [0.05, 0.1) is 6.26 Å². The van der Waals surface area contributed by atoms with Gasteiger partial charge in [0.1, 0.15) is 0 Å². The van der Waals surface area contributed by atoms with Crippen molar-refractivity contribution < 1.29 is 19.4 Å². The SMILES string of the molecule is C=COC(=O)CCCC(=O)O. The van der Waals surface area contributed by atoms with Crippen molar-refractivity contribution in [1.82, 2.24) is 0 Å². The molecule has 0 heterocycles. The summed E-state index contributed by atoms with van der Waals surface area (Å²) >= 11 is 0. The van der Waals surface area contributed by atoms with Crippen molar-refractivity contribution in [2.24, 2.45) is 0 Å². The molecule has 62 valence electrons. The quantitative estimate of drug-likeness (QED) is 0.477. The summed E-state index contributed by atoms with van der Waals surface area (Å²) in [4.78, 5) is 20.5. The number of carbonyl (C=O) groups excluding carboxylic acids is 1. The van der Waals surface area contributed by atoms with Crippen LogP contribution >= 0.6 is 0 Å². The van der Waals surface area contributed by atoms with Crippen molar-refractivity contribution in [3.8, 4) is 0 Å². The van der Waals surface area contributed by atoms with Crippen molar-refractivity contribution in [1.29, 1.82) is 0 Å². The highest BCUT2D eigenvalue weighted by atomic mass is 16.5. The number of carboxylic acids is 1. The normalized spacial score (nSPS) is 8.73.